The Balaban J connectivity index is 1.52. The van der Waals surface area contributed by atoms with E-state index in [1.165, 1.54) is 0 Å². The molecule has 1 atom stereocenters. The minimum Gasteiger partial charge on any atom is -0.508 e. The molecule has 2 heterocycles. The van der Waals surface area contributed by atoms with E-state index in [0.29, 0.717) is 35.4 Å². The van der Waals surface area contributed by atoms with Crippen molar-refractivity contribution in [2.24, 2.45) is 0 Å². The molecule has 2 aliphatic rings. The highest BCUT2D eigenvalue weighted by Gasteiger charge is 2.44. The van der Waals surface area contributed by atoms with Gasteiger partial charge in [-0.05, 0) is 66.0 Å². The minimum atomic E-state index is -0.232. The molecule has 0 spiro atoms. The van der Waals surface area contributed by atoms with E-state index >= 15 is 0 Å². The number of rotatable bonds is 3. The number of aromatic hydroxyl groups is 1. The molecule has 4 nitrogen and oxygen atoms in total. The van der Waals surface area contributed by atoms with Gasteiger partial charge in [-0.1, -0.05) is 29.8 Å². The highest BCUT2D eigenvalue weighted by atomic mass is 35.5. The van der Waals surface area contributed by atoms with Gasteiger partial charge in [-0.2, -0.15) is 0 Å². The number of fused-ring (bicyclic) bond motifs is 2. The number of nitrogens with zero attached hydrogens (tertiary/aromatic N) is 2. The molecule has 0 radical (unpaired) electrons. The van der Waals surface area contributed by atoms with E-state index in [1.54, 1.807) is 11.0 Å². The molecule has 6 heteroatoms. The molecule has 26 heavy (non-hydrogen) atoms. The zero-order valence-electron chi connectivity index (χ0n) is 14.4. The Morgan fingerprint density at radius 2 is 1.96 bits per heavy atom. The molecule has 2 aromatic rings. The predicted molar refractivity (Wildman–Crippen MR) is 105 cm³/mol. The maximum Gasteiger partial charge on any atom is 0.251 e. The summed E-state index contributed by atoms with van der Waals surface area (Å²) in [6.07, 6.45) is 1.36. The van der Waals surface area contributed by atoms with Crippen LogP contribution in [0.4, 0.5) is 0 Å². The molecule has 1 saturated heterocycles. The van der Waals surface area contributed by atoms with Gasteiger partial charge >= 0.3 is 0 Å². The van der Waals surface area contributed by atoms with Crippen LogP contribution in [0.2, 0.25) is 5.02 Å². The molecule has 1 N–H and O–H groups in total. The van der Waals surface area contributed by atoms with Crippen molar-refractivity contribution in [2.75, 3.05) is 6.54 Å². The highest BCUT2D eigenvalue weighted by Crippen LogP contribution is 2.33. The number of aryl methyl sites for hydroxylation is 1. The fourth-order valence-corrected chi connectivity index (χ4v) is 4.20. The standard InChI is InChI=1S/C20H19ClN2O2S/c1-12-8-14-9-17-19(25)22(7-6-13-2-4-16(21)5-3-13)20(26)23(17)11-15(14)10-18(12)24/h2-5,8,10,17,24H,6-7,9,11H2,1H3. The van der Waals surface area contributed by atoms with Crippen molar-refractivity contribution in [2.45, 2.75) is 32.4 Å². The van der Waals surface area contributed by atoms with Crippen LogP contribution in [0.25, 0.3) is 0 Å². The number of benzene rings is 2. The summed E-state index contributed by atoms with van der Waals surface area (Å²) >= 11 is 11.5. The smallest absolute Gasteiger partial charge is 0.251 e. The van der Waals surface area contributed by atoms with Crippen LogP contribution in [0.5, 0.6) is 5.75 Å². The van der Waals surface area contributed by atoms with Gasteiger partial charge in [0.05, 0.1) is 0 Å². The third kappa shape index (κ3) is 2.95. The van der Waals surface area contributed by atoms with Crippen molar-refractivity contribution in [3.05, 3.63) is 63.7 Å². The van der Waals surface area contributed by atoms with Gasteiger partial charge in [-0.15, -0.1) is 0 Å². The first kappa shape index (κ1) is 17.3. The number of thiocarbonyl (C=S) groups is 1. The van der Waals surface area contributed by atoms with Crippen LogP contribution in [0, 0.1) is 6.92 Å². The third-order valence-electron chi connectivity index (χ3n) is 5.21. The number of carbonyl (C=O) groups is 1. The van der Waals surface area contributed by atoms with Gasteiger partial charge in [-0.25, -0.2) is 0 Å². The zero-order chi connectivity index (χ0) is 18.4. The Morgan fingerprint density at radius 1 is 1.23 bits per heavy atom. The van der Waals surface area contributed by atoms with Crippen molar-refractivity contribution in [3.63, 3.8) is 0 Å². The van der Waals surface area contributed by atoms with Crippen molar-refractivity contribution < 1.29 is 9.90 Å². The lowest BCUT2D eigenvalue weighted by molar-refractivity contribution is -0.128. The predicted octanol–water partition coefficient (Wildman–Crippen LogP) is 3.45. The van der Waals surface area contributed by atoms with Crippen LogP contribution in [-0.4, -0.2) is 38.5 Å². The van der Waals surface area contributed by atoms with Crippen molar-refractivity contribution >= 4 is 34.8 Å². The maximum atomic E-state index is 12.9. The molecular formula is C20H19ClN2O2S. The fourth-order valence-electron chi connectivity index (χ4n) is 3.70. The molecule has 1 unspecified atom stereocenters. The topological polar surface area (TPSA) is 43.8 Å². The number of amides is 1. The lowest BCUT2D eigenvalue weighted by Crippen LogP contribution is -2.40. The third-order valence-corrected chi connectivity index (χ3v) is 5.92. The maximum absolute atomic E-state index is 12.9. The molecule has 0 aliphatic carbocycles. The molecule has 0 aromatic heterocycles. The van der Waals surface area contributed by atoms with E-state index in [1.807, 2.05) is 42.2 Å². The summed E-state index contributed by atoms with van der Waals surface area (Å²) in [4.78, 5) is 16.6. The van der Waals surface area contributed by atoms with Crippen molar-refractivity contribution in [1.82, 2.24) is 9.80 Å². The van der Waals surface area contributed by atoms with Gasteiger partial charge in [-0.3, -0.25) is 9.69 Å². The first-order chi connectivity index (χ1) is 12.4. The summed E-state index contributed by atoms with van der Waals surface area (Å²) in [5, 5.41) is 11.3. The van der Waals surface area contributed by atoms with E-state index in [9.17, 15) is 9.90 Å². The fraction of sp³-hybridized carbons (Fsp3) is 0.300. The second-order valence-electron chi connectivity index (χ2n) is 6.90. The molecule has 1 amide bonds. The van der Waals surface area contributed by atoms with Crippen molar-refractivity contribution in [1.29, 1.82) is 0 Å². The second kappa shape index (κ2) is 6.56. The summed E-state index contributed by atoms with van der Waals surface area (Å²) in [5.41, 5.74) is 4.12. The average Bonchev–Trinajstić information content (AvgIpc) is 2.84. The molecule has 1 fully saturated rings. The van der Waals surface area contributed by atoms with Crippen LogP contribution in [0.1, 0.15) is 22.3 Å². The number of phenolic OH excluding ortho intramolecular Hbond substituents is 1. The van der Waals surface area contributed by atoms with Crippen molar-refractivity contribution in [3.8, 4) is 5.75 Å². The number of phenols is 1. The summed E-state index contributed by atoms with van der Waals surface area (Å²) in [6, 6.07) is 11.2. The quantitative estimate of drug-likeness (QED) is 0.820. The SMILES string of the molecule is Cc1cc2c(cc1O)CN1C(=S)N(CCc3ccc(Cl)cc3)C(=O)C1C2. The number of hydrogen-bond donors (Lipinski definition) is 1. The molecule has 2 aliphatic heterocycles. The zero-order valence-corrected chi connectivity index (χ0v) is 16.0. The van der Waals surface area contributed by atoms with Gasteiger partial charge in [0.25, 0.3) is 5.91 Å². The Labute approximate surface area is 163 Å². The van der Waals surface area contributed by atoms with E-state index in [-0.39, 0.29) is 11.9 Å². The summed E-state index contributed by atoms with van der Waals surface area (Å²) in [6.45, 7) is 3.00. The van der Waals surface area contributed by atoms with E-state index in [0.717, 1.165) is 28.7 Å². The molecule has 134 valence electrons. The first-order valence-electron chi connectivity index (χ1n) is 8.62. The summed E-state index contributed by atoms with van der Waals surface area (Å²) in [7, 11) is 0. The number of carbonyl (C=O) groups excluding carboxylic acids is 1. The lowest BCUT2D eigenvalue weighted by atomic mass is 9.93. The first-order valence-corrected chi connectivity index (χ1v) is 9.40. The van der Waals surface area contributed by atoms with E-state index < -0.39 is 0 Å². The highest BCUT2D eigenvalue weighted by molar-refractivity contribution is 7.80. The van der Waals surface area contributed by atoms with Crippen LogP contribution in [-0.2, 0) is 24.2 Å². The lowest BCUT2D eigenvalue weighted by Gasteiger charge is -2.30. The van der Waals surface area contributed by atoms with Gasteiger partial charge in [0.15, 0.2) is 5.11 Å². The Bertz CT molecular complexity index is 848. The van der Waals surface area contributed by atoms with Crippen LogP contribution >= 0.6 is 23.8 Å². The minimum absolute atomic E-state index is 0.0698. The van der Waals surface area contributed by atoms with E-state index in [4.69, 9.17) is 23.8 Å². The van der Waals surface area contributed by atoms with Gasteiger partial charge in [0.1, 0.15) is 11.8 Å². The van der Waals surface area contributed by atoms with E-state index in [2.05, 4.69) is 0 Å². The van der Waals surface area contributed by atoms with Crippen LogP contribution in [0.3, 0.4) is 0 Å². The van der Waals surface area contributed by atoms with Gasteiger partial charge in [0, 0.05) is 24.5 Å². The Hall–Kier alpha value is -2.11. The monoisotopic (exact) mass is 386 g/mol. The molecule has 4 rings (SSSR count). The summed E-state index contributed by atoms with van der Waals surface area (Å²) < 4.78 is 0. The second-order valence-corrected chi connectivity index (χ2v) is 7.71. The summed E-state index contributed by atoms with van der Waals surface area (Å²) in [5.74, 6) is 0.360. The molecule has 2 aromatic carbocycles. The molecular weight excluding hydrogens is 368 g/mol. The van der Waals surface area contributed by atoms with Crippen LogP contribution < -0.4 is 0 Å². The molecule has 0 bridgehead atoms. The largest absolute Gasteiger partial charge is 0.508 e. The number of halogens is 1. The molecule has 0 saturated carbocycles. The Morgan fingerprint density at radius 3 is 2.69 bits per heavy atom. The van der Waals surface area contributed by atoms with Gasteiger partial charge < -0.3 is 10.0 Å². The average molecular weight is 387 g/mol. The Kier molecular flexibility index (Phi) is 4.37. The van der Waals surface area contributed by atoms with Crippen LogP contribution in [0.15, 0.2) is 36.4 Å². The normalized spacial score (nSPS) is 18.9. The number of hydrogen-bond acceptors (Lipinski definition) is 3. The van der Waals surface area contributed by atoms with Gasteiger partial charge in [0.2, 0.25) is 0 Å².